The Morgan fingerprint density at radius 1 is 1.15 bits per heavy atom. The first-order valence-corrected chi connectivity index (χ1v) is 5.99. The summed E-state index contributed by atoms with van der Waals surface area (Å²) in [7, 11) is 0. The molecule has 1 aliphatic rings. The minimum Gasteiger partial charge on any atom is -0.396 e. The number of aliphatic hydroxyl groups is 1. The van der Waals surface area contributed by atoms with Crippen molar-refractivity contribution in [3.05, 3.63) is 0 Å². The average Bonchev–Trinajstić information content (AvgIpc) is 2.19. The highest BCUT2D eigenvalue weighted by molar-refractivity contribution is 4.73. The summed E-state index contributed by atoms with van der Waals surface area (Å²) in [5.74, 6) is 1.75. The van der Waals surface area contributed by atoms with Crippen LogP contribution in [0.15, 0.2) is 0 Å². The first-order chi connectivity index (χ1) is 6.38. The normalized spacial score (nSPS) is 21.7. The van der Waals surface area contributed by atoms with Gasteiger partial charge in [-0.25, -0.2) is 0 Å². The Balaban J connectivity index is 2.32. The van der Waals surface area contributed by atoms with Crippen LogP contribution in [0.2, 0.25) is 0 Å². The van der Waals surface area contributed by atoms with E-state index in [4.69, 9.17) is 5.11 Å². The summed E-state index contributed by atoms with van der Waals surface area (Å²) in [4.78, 5) is 0. The summed E-state index contributed by atoms with van der Waals surface area (Å²) >= 11 is 0. The van der Waals surface area contributed by atoms with Crippen LogP contribution < -0.4 is 0 Å². The minimum absolute atomic E-state index is 0.390. The van der Waals surface area contributed by atoms with Gasteiger partial charge in [-0.3, -0.25) is 0 Å². The molecular weight excluding hydrogens is 160 g/mol. The van der Waals surface area contributed by atoms with Crippen LogP contribution in [-0.4, -0.2) is 11.7 Å². The van der Waals surface area contributed by atoms with E-state index in [1.807, 2.05) is 0 Å². The fraction of sp³-hybridized carbons (Fsp3) is 1.00. The zero-order chi connectivity index (χ0) is 9.52. The van der Waals surface area contributed by atoms with Gasteiger partial charge in [0.25, 0.3) is 0 Å². The van der Waals surface area contributed by atoms with E-state index in [2.05, 4.69) is 6.92 Å². The maximum Gasteiger partial charge on any atom is 0.0433 e. The fourth-order valence-electron chi connectivity index (χ4n) is 2.76. The van der Waals surface area contributed by atoms with E-state index >= 15 is 0 Å². The van der Waals surface area contributed by atoms with Gasteiger partial charge in [0.1, 0.15) is 0 Å². The quantitative estimate of drug-likeness (QED) is 0.694. The Hall–Kier alpha value is -0.0400. The van der Waals surface area contributed by atoms with Gasteiger partial charge in [0.15, 0.2) is 0 Å². The Bertz CT molecular complexity index is 110. The molecule has 13 heavy (non-hydrogen) atoms. The van der Waals surface area contributed by atoms with Gasteiger partial charge in [0.05, 0.1) is 0 Å². The molecule has 0 amide bonds. The molecule has 1 N–H and O–H groups in total. The summed E-state index contributed by atoms with van der Waals surface area (Å²) in [5, 5.41) is 8.99. The van der Waals surface area contributed by atoms with E-state index in [1.165, 1.54) is 44.9 Å². The number of aliphatic hydroxyl groups excluding tert-OH is 1. The standard InChI is InChI=1S/C12H24O/c1-2-6-11(9-10-13)12-7-4-3-5-8-12/h11-13H,2-10H2,1H3/t11-/m0/s1. The molecule has 78 valence electrons. The van der Waals surface area contributed by atoms with Crippen LogP contribution in [0.1, 0.15) is 58.3 Å². The highest BCUT2D eigenvalue weighted by Crippen LogP contribution is 2.33. The highest BCUT2D eigenvalue weighted by Gasteiger charge is 2.22. The van der Waals surface area contributed by atoms with Gasteiger partial charge in [-0.2, -0.15) is 0 Å². The van der Waals surface area contributed by atoms with Crippen molar-refractivity contribution >= 4 is 0 Å². The molecule has 0 radical (unpaired) electrons. The van der Waals surface area contributed by atoms with Gasteiger partial charge in [-0.1, -0.05) is 51.9 Å². The van der Waals surface area contributed by atoms with Gasteiger partial charge >= 0.3 is 0 Å². The van der Waals surface area contributed by atoms with Gasteiger partial charge in [-0.15, -0.1) is 0 Å². The monoisotopic (exact) mass is 184 g/mol. The lowest BCUT2D eigenvalue weighted by atomic mass is 9.77. The number of rotatable bonds is 5. The van der Waals surface area contributed by atoms with Crippen LogP contribution in [0.3, 0.4) is 0 Å². The fourth-order valence-corrected chi connectivity index (χ4v) is 2.76. The molecule has 0 aromatic rings. The minimum atomic E-state index is 0.390. The maximum atomic E-state index is 8.99. The van der Waals surface area contributed by atoms with Crippen molar-refractivity contribution in [2.24, 2.45) is 11.8 Å². The molecule has 1 atom stereocenters. The summed E-state index contributed by atoms with van der Waals surface area (Å²) in [6, 6.07) is 0. The van der Waals surface area contributed by atoms with Gasteiger partial charge in [0, 0.05) is 6.61 Å². The smallest absolute Gasteiger partial charge is 0.0433 e. The van der Waals surface area contributed by atoms with Crippen molar-refractivity contribution in [1.29, 1.82) is 0 Å². The largest absolute Gasteiger partial charge is 0.396 e. The maximum absolute atomic E-state index is 8.99. The molecule has 1 saturated carbocycles. The third-order valence-corrected chi connectivity index (χ3v) is 3.48. The van der Waals surface area contributed by atoms with E-state index in [1.54, 1.807) is 0 Å². The molecule has 0 heterocycles. The molecule has 0 saturated heterocycles. The molecule has 1 nitrogen and oxygen atoms in total. The first-order valence-electron chi connectivity index (χ1n) is 5.99. The van der Waals surface area contributed by atoms with Crippen molar-refractivity contribution in [2.45, 2.75) is 58.3 Å². The zero-order valence-corrected chi connectivity index (χ0v) is 8.97. The summed E-state index contributed by atoms with van der Waals surface area (Å²) in [6.07, 6.45) is 10.8. The molecule has 1 rings (SSSR count). The van der Waals surface area contributed by atoms with Crippen molar-refractivity contribution in [3.63, 3.8) is 0 Å². The molecule has 1 aliphatic carbocycles. The first kappa shape index (κ1) is 11.0. The Kier molecular flexibility index (Phi) is 5.45. The van der Waals surface area contributed by atoms with Gasteiger partial charge < -0.3 is 5.11 Å². The van der Waals surface area contributed by atoms with Crippen molar-refractivity contribution < 1.29 is 5.11 Å². The third kappa shape index (κ3) is 3.68. The SMILES string of the molecule is CCC[C@@H](CCO)C1CCCCC1. The van der Waals surface area contributed by atoms with Crippen molar-refractivity contribution in [1.82, 2.24) is 0 Å². The highest BCUT2D eigenvalue weighted by atomic mass is 16.3. The van der Waals surface area contributed by atoms with E-state index in [9.17, 15) is 0 Å². The van der Waals surface area contributed by atoms with Crippen molar-refractivity contribution in [3.8, 4) is 0 Å². The predicted molar refractivity (Wildman–Crippen MR) is 56.7 cm³/mol. The summed E-state index contributed by atoms with van der Waals surface area (Å²) in [5.41, 5.74) is 0. The third-order valence-electron chi connectivity index (χ3n) is 3.48. The topological polar surface area (TPSA) is 20.2 Å². The van der Waals surface area contributed by atoms with Crippen LogP contribution in [0, 0.1) is 11.8 Å². The molecule has 0 aliphatic heterocycles. The van der Waals surface area contributed by atoms with Crippen LogP contribution in [0.25, 0.3) is 0 Å². The molecule has 0 bridgehead atoms. The van der Waals surface area contributed by atoms with Gasteiger partial charge in [0.2, 0.25) is 0 Å². The number of hydrogen-bond donors (Lipinski definition) is 1. The Labute approximate surface area is 82.5 Å². The molecule has 0 spiro atoms. The second kappa shape index (κ2) is 6.42. The predicted octanol–water partition coefficient (Wildman–Crippen LogP) is 3.37. The average molecular weight is 184 g/mol. The Morgan fingerprint density at radius 3 is 2.38 bits per heavy atom. The van der Waals surface area contributed by atoms with Crippen LogP contribution in [-0.2, 0) is 0 Å². The van der Waals surface area contributed by atoms with Crippen LogP contribution in [0.4, 0.5) is 0 Å². The molecule has 0 aromatic heterocycles. The second-order valence-electron chi connectivity index (χ2n) is 4.46. The van der Waals surface area contributed by atoms with Crippen LogP contribution >= 0.6 is 0 Å². The lowest BCUT2D eigenvalue weighted by Gasteiger charge is -2.29. The van der Waals surface area contributed by atoms with E-state index in [-0.39, 0.29) is 0 Å². The molecule has 0 aromatic carbocycles. The van der Waals surface area contributed by atoms with E-state index in [0.29, 0.717) is 6.61 Å². The van der Waals surface area contributed by atoms with Gasteiger partial charge in [-0.05, 0) is 18.3 Å². The van der Waals surface area contributed by atoms with E-state index in [0.717, 1.165) is 18.3 Å². The molecule has 0 unspecified atom stereocenters. The van der Waals surface area contributed by atoms with Crippen LogP contribution in [0.5, 0.6) is 0 Å². The lowest BCUT2D eigenvalue weighted by molar-refractivity contribution is 0.178. The molecule has 1 heteroatoms. The summed E-state index contributed by atoms with van der Waals surface area (Å²) < 4.78 is 0. The molecular formula is C12H24O. The summed E-state index contributed by atoms with van der Waals surface area (Å²) in [6.45, 7) is 2.65. The van der Waals surface area contributed by atoms with E-state index < -0.39 is 0 Å². The zero-order valence-electron chi connectivity index (χ0n) is 8.97. The Morgan fingerprint density at radius 2 is 1.85 bits per heavy atom. The molecule has 1 fully saturated rings. The number of hydrogen-bond acceptors (Lipinski definition) is 1. The second-order valence-corrected chi connectivity index (χ2v) is 4.46. The lowest BCUT2D eigenvalue weighted by Crippen LogP contribution is -2.19. The van der Waals surface area contributed by atoms with Crippen molar-refractivity contribution in [2.75, 3.05) is 6.61 Å².